The lowest BCUT2D eigenvalue weighted by Gasteiger charge is -2.21. The summed E-state index contributed by atoms with van der Waals surface area (Å²) in [4.78, 5) is 11.6. The normalized spacial score (nSPS) is 18.4. The number of carbonyl (C=O) groups is 1. The minimum atomic E-state index is -1.03. The Kier molecular flexibility index (Phi) is 3.86. The van der Waals surface area contributed by atoms with Gasteiger partial charge in [0.1, 0.15) is 5.54 Å². The first-order valence-electron chi connectivity index (χ1n) is 5.91. The van der Waals surface area contributed by atoms with Gasteiger partial charge in [0, 0.05) is 5.75 Å². The van der Waals surface area contributed by atoms with Gasteiger partial charge in [-0.1, -0.05) is 11.8 Å². The molecule has 1 unspecified atom stereocenters. The number of ether oxygens (including phenoxy) is 1. The van der Waals surface area contributed by atoms with E-state index in [2.05, 4.69) is 15.5 Å². The molecule has 0 amide bonds. The highest BCUT2D eigenvalue weighted by atomic mass is 32.2. The molecule has 1 aliphatic rings. The molecule has 1 aromatic rings. The van der Waals surface area contributed by atoms with E-state index in [1.807, 2.05) is 0 Å². The average Bonchev–Trinajstić information content (AvgIpc) is 3.06. The van der Waals surface area contributed by atoms with Crippen molar-refractivity contribution in [1.82, 2.24) is 20.2 Å². The second-order valence-electron chi connectivity index (χ2n) is 4.56. The maximum Gasteiger partial charge on any atom is 0.326 e. The fraction of sp³-hybridized carbons (Fsp3) is 0.800. The van der Waals surface area contributed by atoms with Gasteiger partial charge in [-0.05, 0) is 37.1 Å². The number of tetrazole rings is 1. The Labute approximate surface area is 109 Å². The Hall–Kier alpha value is -1.15. The summed E-state index contributed by atoms with van der Waals surface area (Å²) < 4.78 is 6.73. The molecule has 0 radical (unpaired) electrons. The fourth-order valence-electron chi connectivity index (χ4n) is 1.40. The van der Waals surface area contributed by atoms with Gasteiger partial charge in [0.05, 0.1) is 12.6 Å². The van der Waals surface area contributed by atoms with Gasteiger partial charge in [0.25, 0.3) is 0 Å². The molecular weight excluding hydrogens is 254 g/mol. The second-order valence-corrected chi connectivity index (χ2v) is 5.51. The Bertz CT molecular complexity index is 430. The summed E-state index contributed by atoms with van der Waals surface area (Å²) in [5.74, 6) is -0.0122. The van der Waals surface area contributed by atoms with Crippen molar-refractivity contribution < 1.29 is 9.53 Å². The van der Waals surface area contributed by atoms with E-state index in [0.717, 1.165) is 12.8 Å². The SMILES string of the molecule is CCOC(=O)C(C)(N)CSc1nnnn1C1CC1. The number of rotatable bonds is 6. The zero-order valence-corrected chi connectivity index (χ0v) is 11.3. The maximum absolute atomic E-state index is 11.6. The smallest absolute Gasteiger partial charge is 0.326 e. The molecule has 0 spiro atoms. The van der Waals surface area contributed by atoms with E-state index in [9.17, 15) is 4.79 Å². The van der Waals surface area contributed by atoms with Gasteiger partial charge >= 0.3 is 5.97 Å². The van der Waals surface area contributed by atoms with E-state index < -0.39 is 11.5 Å². The van der Waals surface area contributed by atoms with E-state index in [4.69, 9.17) is 10.5 Å². The van der Waals surface area contributed by atoms with E-state index in [-0.39, 0.29) is 0 Å². The van der Waals surface area contributed by atoms with Crippen molar-refractivity contribution in [2.75, 3.05) is 12.4 Å². The van der Waals surface area contributed by atoms with Crippen LogP contribution >= 0.6 is 11.8 Å². The molecule has 7 nitrogen and oxygen atoms in total. The lowest BCUT2D eigenvalue weighted by molar-refractivity contribution is -0.148. The number of hydrogen-bond acceptors (Lipinski definition) is 7. The van der Waals surface area contributed by atoms with Crippen molar-refractivity contribution in [1.29, 1.82) is 0 Å². The molecule has 1 fully saturated rings. The lowest BCUT2D eigenvalue weighted by Crippen LogP contribution is -2.48. The largest absolute Gasteiger partial charge is 0.465 e. The molecule has 2 N–H and O–H groups in total. The van der Waals surface area contributed by atoms with Gasteiger partial charge in [0.15, 0.2) is 0 Å². The molecule has 1 saturated carbocycles. The summed E-state index contributed by atoms with van der Waals surface area (Å²) >= 11 is 1.38. The van der Waals surface area contributed by atoms with Crippen LogP contribution in [0.3, 0.4) is 0 Å². The first-order chi connectivity index (χ1) is 8.54. The van der Waals surface area contributed by atoms with Crippen LogP contribution in [-0.4, -0.2) is 44.1 Å². The van der Waals surface area contributed by atoms with Crippen LogP contribution in [0.25, 0.3) is 0 Å². The number of nitrogens with zero attached hydrogens (tertiary/aromatic N) is 4. The van der Waals surface area contributed by atoms with Crippen molar-refractivity contribution in [2.24, 2.45) is 5.73 Å². The van der Waals surface area contributed by atoms with Gasteiger partial charge < -0.3 is 10.5 Å². The molecule has 100 valence electrons. The minimum Gasteiger partial charge on any atom is -0.465 e. The van der Waals surface area contributed by atoms with Crippen molar-refractivity contribution >= 4 is 17.7 Å². The number of hydrogen-bond donors (Lipinski definition) is 1. The first-order valence-corrected chi connectivity index (χ1v) is 6.90. The molecule has 1 heterocycles. The highest BCUT2D eigenvalue weighted by Gasteiger charge is 2.33. The van der Waals surface area contributed by atoms with E-state index >= 15 is 0 Å². The maximum atomic E-state index is 11.6. The summed E-state index contributed by atoms with van der Waals surface area (Å²) in [7, 11) is 0. The topological polar surface area (TPSA) is 95.9 Å². The molecule has 1 aliphatic carbocycles. The van der Waals surface area contributed by atoms with Crippen LogP contribution in [0.2, 0.25) is 0 Å². The van der Waals surface area contributed by atoms with Gasteiger partial charge in [-0.2, -0.15) is 0 Å². The van der Waals surface area contributed by atoms with E-state index in [1.165, 1.54) is 11.8 Å². The fourth-order valence-corrected chi connectivity index (χ4v) is 2.36. The van der Waals surface area contributed by atoms with Crippen molar-refractivity contribution in [3.8, 4) is 0 Å². The molecule has 18 heavy (non-hydrogen) atoms. The van der Waals surface area contributed by atoms with Crippen LogP contribution in [0.15, 0.2) is 5.16 Å². The average molecular weight is 271 g/mol. The molecule has 0 saturated heterocycles. The summed E-state index contributed by atoms with van der Waals surface area (Å²) in [5, 5.41) is 12.2. The minimum absolute atomic E-state index is 0.329. The highest BCUT2D eigenvalue weighted by molar-refractivity contribution is 7.99. The Morgan fingerprint density at radius 3 is 3.00 bits per heavy atom. The Morgan fingerprint density at radius 2 is 2.39 bits per heavy atom. The zero-order chi connectivity index (χ0) is 13.2. The number of carbonyl (C=O) groups excluding carboxylic acids is 1. The molecule has 1 atom stereocenters. The van der Waals surface area contributed by atoms with Crippen LogP contribution < -0.4 is 5.73 Å². The molecule has 0 bridgehead atoms. The number of esters is 1. The third-order valence-electron chi connectivity index (χ3n) is 2.60. The predicted octanol–water partition coefficient (Wildman–Crippen LogP) is 0.381. The molecule has 0 aromatic carbocycles. The number of nitrogens with two attached hydrogens (primary N) is 1. The van der Waals surface area contributed by atoms with Crippen LogP contribution in [-0.2, 0) is 9.53 Å². The van der Waals surface area contributed by atoms with Gasteiger partial charge in [-0.15, -0.1) is 5.10 Å². The number of thioether (sulfide) groups is 1. The van der Waals surface area contributed by atoms with Crippen LogP contribution in [0.5, 0.6) is 0 Å². The summed E-state index contributed by atoms with van der Waals surface area (Å²) in [6, 6.07) is 0.411. The first kappa shape index (κ1) is 13.3. The molecule has 1 aromatic heterocycles. The van der Waals surface area contributed by atoms with Crippen molar-refractivity contribution in [3.05, 3.63) is 0 Å². The second kappa shape index (κ2) is 5.23. The molecule has 0 aliphatic heterocycles. The molecular formula is C10H17N5O2S. The van der Waals surface area contributed by atoms with E-state index in [1.54, 1.807) is 18.5 Å². The van der Waals surface area contributed by atoms with Crippen LogP contribution in [0.4, 0.5) is 0 Å². The summed E-state index contributed by atoms with van der Waals surface area (Å²) in [6.07, 6.45) is 2.22. The third kappa shape index (κ3) is 2.99. The molecule has 8 heteroatoms. The Balaban J connectivity index is 1.93. The van der Waals surface area contributed by atoms with Gasteiger partial charge in [-0.25, -0.2) is 4.68 Å². The predicted molar refractivity (Wildman–Crippen MR) is 66.0 cm³/mol. The highest BCUT2D eigenvalue weighted by Crippen LogP contribution is 2.36. The van der Waals surface area contributed by atoms with Gasteiger partial charge in [-0.3, -0.25) is 4.79 Å². The third-order valence-corrected chi connectivity index (χ3v) is 3.87. The van der Waals surface area contributed by atoms with E-state index in [0.29, 0.717) is 23.6 Å². The Morgan fingerprint density at radius 1 is 1.67 bits per heavy atom. The quantitative estimate of drug-likeness (QED) is 0.590. The summed E-state index contributed by atoms with van der Waals surface area (Å²) in [5.41, 5.74) is 4.90. The number of aromatic nitrogens is 4. The standard InChI is InChI=1S/C10H17N5O2S/c1-3-17-8(16)10(2,11)6-18-9-12-13-14-15(9)7-4-5-7/h7H,3-6,11H2,1-2H3. The van der Waals surface area contributed by atoms with Gasteiger partial charge in [0.2, 0.25) is 5.16 Å². The zero-order valence-electron chi connectivity index (χ0n) is 10.5. The van der Waals surface area contributed by atoms with Crippen LogP contribution in [0, 0.1) is 0 Å². The summed E-state index contributed by atoms with van der Waals surface area (Å²) in [6.45, 7) is 3.74. The molecule has 2 rings (SSSR count). The monoisotopic (exact) mass is 271 g/mol. The van der Waals surface area contributed by atoms with Crippen molar-refractivity contribution in [3.63, 3.8) is 0 Å². The lowest BCUT2D eigenvalue weighted by atomic mass is 10.1. The van der Waals surface area contributed by atoms with Crippen LogP contribution in [0.1, 0.15) is 32.7 Å². The van der Waals surface area contributed by atoms with Crippen molar-refractivity contribution in [2.45, 2.75) is 43.4 Å².